The van der Waals surface area contributed by atoms with Crippen LogP contribution in [0.3, 0.4) is 0 Å². The van der Waals surface area contributed by atoms with E-state index in [0.717, 1.165) is 11.3 Å². The Morgan fingerprint density at radius 3 is 2.52 bits per heavy atom. The van der Waals surface area contributed by atoms with Crippen molar-refractivity contribution in [2.24, 2.45) is 4.99 Å². The molecule has 1 atom stereocenters. The number of nitrogens with zero attached hydrogens (tertiary/aromatic N) is 2. The van der Waals surface area contributed by atoms with Gasteiger partial charge in [-0.2, -0.15) is 0 Å². The number of hydrogen-bond donors (Lipinski definition) is 1. The maximum Gasteiger partial charge on any atom is 0.413 e. The maximum atomic E-state index is 11.6. The molecule has 0 saturated carbocycles. The summed E-state index contributed by atoms with van der Waals surface area (Å²) in [5.74, 6) is 0.508. The summed E-state index contributed by atoms with van der Waals surface area (Å²) in [4.78, 5) is 18.1. The normalized spacial score (nSPS) is 16.9. The predicted octanol–water partition coefficient (Wildman–Crippen LogP) is 3.27. The van der Waals surface area contributed by atoms with Crippen molar-refractivity contribution in [1.29, 1.82) is 0 Å². The van der Waals surface area contributed by atoms with Gasteiger partial charge in [0.25, 0.3) is 0 Å². The number of anilines is 1. The minimum absolute atomic E-state index is 0.0464. The fraction of sp³-hybridized carbons (Fsp3) is 0.222. The number of ether oxygens (including phenoxy) is 1. The van der Waals surface area contributed by atoms with Crippen molar-refractivity contribution in [3.05, 3.63) is 65.7 Å². The molecule has 1 N–H and O–H groups in total. The molecule has 2 aromatic rings. The average Bonchev–Trinajstić information content (AvgIpc) is 2.99. The summed E-state index contributed by atoms with van der Waals surface area (Å²) < 4.78 is 4.70. The number of nitrogens with one attached hydrogen (secondary N) is 1. The van der Waals surface area contributed by atoms with Crippen LogP contribution in [-0.2, 0) is 4.74 Å². The van der Waals surface area contributed by atoms with E-state index in [1.54, 1.807) is 0 Å². The number of methoxy groups -OCH3 is 1. The van der Waals surface area contributed by atoms with Crippen LogP contribution in [0.5, 0.6) is 0 Å². The highest BCUT2D eigenvalue weighted by atomic mass is 16.5. The Hall–Kier alpha value is -2.82. The van der Waals surface area contributed by atoms with E-state index in [2.05, 4.69) is 41.5 Å². The molecule has 2 aromatic carbocycles. The van der Waals surface area contributed by atoms with Crippen LogP contribution >= 0.6 is 0 Å². The minimum Gasteiger partial charge on any atom is -0.453 e. The van der Waals surface area contributed by atoms with Gasteiger partial charge in [-0.1, -0.05) is 48.0 Å². The minimum atomic E-state index is -0.519. The average molecular weight is 309 g/mol. The Balaban J connectivity index is 1.94. The number of hydrogen-bond acceptors (Lipinski definition) is 4. The van der Waals surface area contributed by atoms with E-state index in [1.807, 2.05) is 35.2 Å². The molecule has 1 unspecified atom stereocenters. The van der Waals surface area contributed by atoms with Gasteiger partial charge in [0.05, 0.1) is 19.7 Å². The molecule has 0 fully saturated rings. The van der Waals surface area contributed by atoms with Crippen LogP contribution < -0.4 is 10.2 Å². The molecular formula is C18H19N3O2. The number of rotatable bonds is 2. The number of alkyl carbamates (subject to hydrolysis) is 1. The number of carbonyl (C=O) groups is 1. The molecule has 0 radical (unpaired) electrons. The van der Waals surface area contributed by atoms with Gasteiger partial charge in [-0.3, -0.25) is 5.32 Å². The molecular weight excluding hydrogens is 290 g/mol. The molecule has 0 spiro atoms. The number of guanidine groups is 1. The van der Waals surface area contributed by atoms with Gasteiger partial charge < -0.3 is 9.64 Å². The van der Waals surface area contributed by atoms with E-state index < -0.39 is 6.09 Å². The van der Waals surface area contributed by atoms with Gasteiger partial charge in [-0.05, 0) is 24.6 Å². The van der Waals surface area contributed by atoms with Crippen LogP contribution in [0.15, 0.2) is 59.6 Å². The fourth-order valence-electron chi connectivity index (χ4n) is 2.65. The SMILES string of the molecule is COC(=O)NC1=NCC(c2ccc(C)cc2)N1c1ccccc1. The van der Waals surface area contributed by atoms with E-state index in [4.69, 9.17) is 4.74 Å². The van der Waals surface area contributed by atoms with Crippen LogP contribution in [0.4, 0.5) is 10.5 Å². The second-order valence-corrected chi connectivity index (χ2v) is 5.41. The van der Waals surface area contributed by atoms with Gasteiger partial charge in [-0.25, -0.2) is 9.79 Å². The smallest absolute Gasteiger partial charge is 0.413 e. The Morgan fingerprint density at radius 2 is 1.87 bits per heavy atom. The zero-order chi connectivity index (χ0) is 16.2. The first kappa shape index (κ1) is 15.1. The third kappa shape index (κ3) is 3.18. The van der Waals surface area contributed by atoms with Gasteiger partial charge in [0.1, 0.15) is 0 Å². The number of amides is 1. The number of benzene rings is 2. The predicted molar refractivity (Wildman–Crippen MR) is 90.7 cm³/mol. The summed E-state index contributed by atoms with van der Waals surface area (Å²) in [5.41, 5.74) is 3.35. The summed E-state index contributed by atoms with van der Waals surface area (Å²) in [6, 6.07) is 18.3. The first-order valence-electron chi connectivity index (χ1n) is 7.49. The molecule has 1 aliphatic rings. The molecule has 0 aromatic heterocycles. The Kier molecular flexibility index (Phi) is 4.28. The summed E-state index contributed by atoms with van der Waals surface area (Å²) in [6.07, 6.45) is -0.519. The zero-order valence-corrected chi connectivity index (χ0v) is 13.2. The lowest BCUT2D eigenvalue weighted by atomic mass is 10.0. The molecule has 0 saturated heterocycles. The Morgan fingerprint density at radius 1 is 1.17 bits per heavy atom. The lowest BCUT2D eigenvalue weighted by Crippen LogP contribution is -2.42. The third-order valence-electron chi connectivity index (χ3n) is 3.85. The fourth-order valence-corrected chi connectivity index (χ4v) is 2.65. The van der Waals surface area contributed by atoms with Crippen molar-refractivity contribution in [2.75, 3.05) is 18.6 Å². The van der Waals surface area contributed by atoms with Crippen molar-refractivity contribution in [1.82, 2.24) is 5.32 Å². The summed E-state index contributed by atoms with van der Waals surface area (Å²) in [6.45, 7) is 2.64. The van der Waals surface area contributed by atoms with E-state index in [1.165, 1.54) is 12.7 Å². The lowest BCUT2D eigenvalue weighted by Gasteiger charge is -2.28. The van der Waals surface area contributed by atoms with Gasteiger partial charge in [0.15, 0.2) is 0 Å². The summed E-state index contributed by atoms with van der Waals surface area (Å²) >= 11 is 0. The van der Waals surface area contributed by atoms with Gasteiger partial charge in [0, 0.05) is 5.69 Å². The van der Waals surface area contributed by atoms with Gasteiger partial charge >= 0.3 is 6.09 Å². The second-order valence-electron chi connectivity index (χ2n) is 5.41. The molecule has 1 amide bonds. The van der Waals surface area contributed by atoms with Crippen molar-refractivity contribution in [2.45, 2.75) is 13.0 Å². The van der Waals surface area contributed by atoms with Crippen LogP contribution in [0.2, 0.25) is 0 Å². The topological polar surface area (TPSA) is 53.9 Å². The molecule has 1 aliphatic heterocycles. The van der Waals surface area contributed by atoms with E-state index in [0.29, 0.717) is 12.5 Å². The molecule has 0 bridgehead atoms. The first-order chi connectivity index (χ1) is 11.2. The number of para-hydroxylation sites is 1. The Labute approximate surface area is 135 Å². The molecule has 23 heavy (non-hydrogen) atoms. The molecule has 118 valence electrons. The van der Waals surface area contributed by atoms with E-state index in [9.17, 15) is 4.79 Å². The molecule has 5 heteroatoms. The van der Waals surface area contributed by atoms with Crippen molar-refractivity contribution < 1.29 is 9.53 Å². The molecule has 0 aliphatic carbocycles. The first-order valence-corrected chi connectivity index (χ1v) is 7.49. The lowest BCUT2D eigenvalue weighted by molar-refractivity contribution is 0.176. The van der Waals surface area contributed by atoms with Crippen molar-refractivity contribution >= 4 is 17.7 Å². The van der Waals surface area contributed by atoms with Crippen molar-refractivity contribution in [3.63, 3.8) is 0 Å². The van der Waals surface area contributed by atoms with Crippen LogP contribution in [0.1, 0.15) is 17.2 Å². The number of aryl methyl sites for hydroxylation is 1. The van der Waals surface area contributed by atoms with Crippen LogP contribution in [0.25, 0.3) is 0 Å². The summed E-state index contributed by atoms with van der Waals surface area (Å²) in [5, 5.41) is 2.70. The number of aliphatic imine (C=N–C) groups is 1. The maximum absolute atomic E-state index is 11.6. The van der Waals surface area contributed by atoms with Crippen LogP contribution in [-0.4, -0.2) is 25.7 Å². The van der Waals surface area contributed by atoms with E-state index in [-0.39, 0.29) is 6.04 Å². The van der Waals surface area contributed by atoms with Gasteiger partial charge in [0.2, 0.25) is 5.96 Å². The van der Waals surface area contributed by atoms with Gasteiger partial charge in [-0.15, -0.1) is 0 Å². The third-order valence-corrected chi connectivity index (χ3v) is 3.85. The van der Waals surface area contributed by atoms with E-state index >= 15 is 0 Å². The highest BCUT2D eigenvalue weighted by Crippen LogP contribution is 2.31. The quantitative estimate of drug-likeness (QED) is 0.926. The summed E-state index contributed by atoms with van der Waals surface area (Å²) in [7, 11) is 1.34. The highest BCUT2D eigenvalue weighted by molar-refractivity contribution is 6.05. The van der Waals surface area contributed by atoms with Crippen LogP contribution in [0, 0.1) is 6.92 Å². The van der Waals surface area contributed by atoms with Crippen molar-refractivity contribution in [3.8, 4) is 0 Å². The zero-order valence-electron chi connectivity index (χ0n) is 13.2. The second kappa shape index (κ2) is 6.52. The highest BCUT2D eigenvalue weighted by Gasteiger charge is 2.31. The molecule has 1 heterocycles. The molecule has 5 nitrogen and oxygen atoms in total. The monoisotopic (exact) mass is 309 g/mol. The Bertz CT molecular complexity index is 711. The largest absolute Gasteiger partial charge is 0.453 e. The number of carbonyl (C=O) groups excluding carboxylic acids is 1. The standard InChI is InChI=1S/C18H19N3O2/c1-13-8-10-14(11-9-13)16-12-19-17(20-18(22)23-2)21(16)15-6-4-3-5-7-15/h3-11,16H,12H2,1-2H3,(H,19,20,22). The molecule has 3 rings (SSSR count).